The summed E-state index contributed by atoms with van der Waals surface area (Å²) in [4.78, 5) is 13.6. The summed E-state index contributed by atoms with van der Waals surface area (Å²) in [5.74, 6) is 2.89. The third kappa shape index (κ3) is 1.59. The van der Waals surface area contributed by atoms with Crippen LogP contribution in [0.2, 0.25) is 0 Å². The standard InChI is InChI=1S/C8H13NOS/c10-8-1-2-9-3-4-11-6-7(9)5-8/h7H,1-6H2. The molecule has 2 rings (SSSR count). The van der Waals surface area contributed by atoms with Crippen molar-refractivity contribution >= 4 is 17.5 Å². The van der Waals surface area contributed by atoms with Crippen LogP contribution < -0.4 is 0 Å². The molecule has 0 aliphatic carbocycles. The molecule has 2 fully saturated rings. The number of fused-ring (bicyclic) bond motifs is 1. The quantitative estimate of drug-likeness (QED) is 0.537. The number of carbonyl (C=O) groups is 1. The Labute approximate surface area is 71.3 Å². The predicted octanol–water partition coefficient (Wildman–Crippen LogP) is 0.767. The summed E-state index contributed by atoms with van der Waals surface area (Å²) in [6.45, 7) is 2.21. The largest absolute Gasteiger partial charge is 0.300 e. The SMILES string of the molecule is O=C1CCN2CCSCC2C1. The van der Waals surface area contributed by atoms with E-state index < -0.39 is 0 Å². The van der Waals surface area contributed by atoms with E-state index in [9.17, 15) is 4.79 Å². The molecule has 0 N–H and O–H groups in total. The zero-order valence-corrected chi connectivity index (χ0v) is 7.40. The monoisotopic (exact) mass is 171 g/mol. The first kappa shape index (κ1) is 7.62. The van der Waals surface area contributed by atoms with Crippen LogP contribution >= 0.6 is 11.8 Å². The lowest BCUT2D eigenvalue weighted by Gasteiger charge is -2.37. The molecule has 2 aliphatic heterocycles. The van der Waals surface area contributed by atoms with Crippen molar-refractivity contribution in [2.45, 2.75) is 18.9 Å². The highest BCUT2D eigenvalue weighted by molar-refractivity contribution is 7.99. The summed E-state index contributed by atoms with van der Waals surface area (Å²) < 4.78 is 0. The van der Waals surface area contributed by atoms with Gasteiger partial charge in [-0.25, -0.2) is 0 Å². The fourth-order valence-corrected chi connectivity index (χ4v) is 2.94. The van der Waals surface area contributed by atoms with Gasteiger partial charge in [0, 0.05) is 43.5 Å². The molecular weight excluding hydrogens is 158 g/mol. The predicted molar refractivity (Wildman–Crippen MR) is 46.9 cm³/mol. The Balaban J connectivity index is 1.98. The van der Waals surface area contributed by atoms with Crippen LogP contribution in [0.5, 0.6) is 0 Å². The molecule has 0 saturated carbocycles. The third-order valence-electron chi connectivity index (χ3n) is 2.49. The summed E-state index contributed by atoms with van der Waals surface area (Å²) in [5.41, 5.74) is 0. The van der Waals surface area contributed by atoms with Crippen LogP contribution in [0.4, 0.5) is 0 Å². The molecule has 0 aromatic carbocycles. The molecule has 2 saturated heterocycles. The number of ketones is 1. The summed E-state index contributed by atoms with van der Waals surface area (Å²) in [5, 5.41) is 0. The summed E-state index contributed by atoms with van der Waals surface area (Å²) >= 11 is 1.99. The summed E-state index contributed by atoms with van der Waals surface area (Å²) in [6.07, 6.45) is 1.61. The van der Waals surface area contributed by atoms with Gasteiger partial charge in [-0.05, 0) is 0 Å². The van der Waals surface area contributed by atoms with Gasteiger partial charge in [0.15, 0.2) is 0 Å². The fraction of sp³-hybridized carbons (Fsp3) is 0.875. The normalized spacial score (nSPS) is 33.5. The van der Waals surface area contributed by atoms with E-state index in [0.29, 0.717) is 11.8 Å². The van der Waals surface area contributed by atoms with Crippen LogP contribution in [0.1, 0.15) is 12.8 Å². The smallest absolute Gasteiger partial charge is 0.135 e. The van der Waals surface area contributed by atoms with Crippen molar-refractivity contribution in [1.29, 1.82) is 0 Å². The molecule has 3 heteroatoms. The maximum Gasteiger partial charge on any atom is 0.135 e. The molecule has 0 amide bonds. The van der Waals surface area contributed by atoms with Crippen molar-refractivity contribution in [3.63, 3.8) is 0 Å². The average molecular weight is 171 g/mol. The van der Waals surface area contributed by atoms with Crippen molar-refractivity contribution < 1.29 is 4.79 Å². The molecule has 0 bridgehead atoms. The zero-order chi connectivity index (χ0) is 7.68. The Kier molecular flexibility index (Phi) is 2.18. The molecule has 0 spiro atoms. The summed E-state index contributed by atoms with van der Waals surface area (Å²) in [6, 6.07) is 0.579. The van der Waals surface area contributed by atoms with E-state index in [1.807, 2.05) is 11.8 Å². The number of nitrogens with zero attached hydrogens (tertiary/aromatic N) is 1. The van der Waals surface area contributed by atoms with Gasteiger partial charge in [-0.15, -0.1) is 0 Å². The van der Waals surface area contributed by atoms with Gasteiger partial charge in [0.1, 0.15) is 5.78 Å². The Morgan fingerprint density at radius 1 is 1.45 bits per heavy atom. The highest BCUT2D eigenvalue weighted by Crippen LogP contribution is 2.22. The topological polar surface area (TPSA) is 20.3 Å². The minimum absolute atomic E-state index is 0.466. The van der Waals surface area contributed by atoms with Crippen molar-refractivity contribution in [3.8, 4) is 0 Å². The first-order valence-electron chi connectivity index (χ1n) is 4.20. The van der Waals surface area contributed by atoms with E-state index in [4.69, 9.17) is 0 Å². The molecule has 0 aromatic rings. The second-order valence-electron chi connectivity index (χ2n) is 3.26. The second kappa shape index (κ2) is 3.15. The van der Waals surface area contributed by atoms with Gasteiger partial charge >= 0.3 is 0 Å². The van der Waals surface area contributed by atoms with Gasteiger partial charge in [-0.2, -0.15) is 11.8 Å². The van der Waals surface area contributed by atoms with Gasteiger partial charge in [-0.3, -0.25) is 9.69 Å². The number of Topliss-reactive ketones (excluding diaryl/α,β-unsaturated/α-hetero) is 1. The third-order valence-corrected chi connectivity index (χ3v) is 3.58. The van der Waals surface area contributed by atoms with Crippen LogP contribution in [0, 0.1) is 0 Å². The zero-order valence-electron chi connectivity index (χ0n) is 6.58. The molecule has 0 radical (unpaired) electrons. The van der Waals surface area contributed by atoms with Gasteiger partial charge in [0.05, 0.1) is 0 Å². The molecule has 2 heterocycles. The maximum atomic E-state index is 11.1. The van der Waals surface area contributed by atoms with E-state index in [-0.39, 0.29) is 0 Å². The average Bonchev–Trinajstić information content (AvgIpc) is 2.04. The number of hydrogen-bond acceptors (Lipinski definition) is 3. The van der Waals surface area contributed by atoms with Crippen LogP contribution in [-0.4, -0.2) is 41.3 Å². The van der Waals surface area contributed by atoms with Crippen LogP contribution in [-0.2, 0) is 4.79 Å². The van der Waals surface area contributed by atoms with Gasteiger partial charge in [-0.1, -0.05) is 0 Å². The molecule has 1 unspecified atom stereocenters. The molecule has 62 valence electrons. The van der Waals surface area contributed by atoms with Crippen LogP contribution in [0.25, 0.3) is 0 Å². The van der Waals surface area contributed by atoms with Crippen LogP contribution in [0.3, 0.4) is 0 Å². The number of hydrogen-bond donors (Lipinski definition) is 0. The number of thioether (sulfide) groups is 1. The minimum Gasteiger partial charge on any atom is -0.300 e. The van der Waals surface area contributed by atoms with E-state index in [1.165, 1.54) is 18.1 Å². The number of carbonyl (C=O) groups excluding carboxylic acids is 1. The van der Waals surface area contributed by atoms with Gasteiger partial charge in [0.25, 0.3) is 0 Å². The lowest BCUT2D eigenvalue weighted by atomic mass is 10.0. The van der Waals surface area contributed by atoms with Crippen molar-refractivity contribution in [1.82, 2.24) is 4.90 Å². The van der Waals surface area contributed by atoms with Crippen molar-refractivity contribution in [2.24, 2.45) is 0 Å². The summed E-state index contributed by atoms with van der Waals surface area (Å²) in [7, 11) is 0. The van der Waals surface area contributed by atoms with E-state index in [1.54, 1.807) is 0 Å². The van der Waals surface area contributed by atoms with Gasteiger partial charge in [0.2, 0.25) is 0 Å². The Hall–Kier alpha value is -0.0200. The van der Waals surface area contributed by atoms with Crippen molar-refractivity contribution in [2.75, 3.05) is 24.6 Å². The van der Waals surface area contributed by atoms with Crippen LogP contribution in [0.15, 0.2) is 0 Å². The molecule has 0 aromatic heterocycles. The van der Waals surface area contributed by atoms with E-state index >= 15 is 0 Å². The highest BCUT2D eigenvalue weighted by Gasteiger charge is 2.28. The lowest BCUT2D eigenvalue weighted by Crippen LogP contribution is -2.47. The first-order valence-corrected chi connectivity index (χ1v) is 5.35. The minimum atomic E-state index is 0.466. The van der Waals surface area contributed by atoms with E-state index in [2.05, 4.69) is 4.90 Å². The lowest BCUT2D eigenvalue weighted by molar-refractivity contribution is -0.122. The molecule has 2 nitrogen and oxygen atoms in total. The van der Waals surface area contributed by atoms with Gasteiger partial charge < -0.3 is 0 Å². The molecular formula is C8H13NOS. The molecule has 2 aliphatic rings. The number of rotatable bonds is 0. The van der Waals surface area contributed by atoms with E-state index in [0.717, 1.165) is 19.4 Å². The Morgan fingerprint density at radius 2 is 2.36 bits per heavy atom. The highest BCUT2D eigenvalue weighted by atomic mass is 32.2. The maximum absolute atomic E-state index is 11.1. The Morgan fingerprint density at radius 3 is 3.27 bits per heavy atom. The molecule has 1 atom stereocenters. The Bertz CT molecular complexity index is 171. The fourth-order valence-electron chi connectivity index (χ4n) is 1.80. The first-order chi connectivity index (χ1) is 5.36. The number of piperidine rings is 1. The molecule has 11 heavy (non-hydrogen) atoms. The van der Waals surface area contributed by atoms with Crippen molar-refractivity contribution in [3.05, 3.63) is 0 Å². The second-order valence-corrected chi connectivity index (χ2v) is 4.41.